The lowest BCUT2D eigenvalue weighted by atomic mass is 10.2. The molecule has 2 fully saturated rings. The number of alkyl halides is 3. The highest BCUT2D eigenvalue weighted by molar-refractivity contribution is 6.04. The molecule has 34 heavy (non-hydrogen) atoms. The van der Waals surface area contributed by atoms with Crippen molar-refractivity contribution in [3.63, 3.8) is 0 Å². The summed E-state index contributed by atoms with van der Waals surface area (Å²) in [6.45, 7) is 5.68. The first-order valence-corrected chi connectivity index (χ1v) is 11.0. The maximum atomic E-state index is 13.7. The van der Waals surface area contributed by atoms with Crippen molar-refractivity contribution in [2.24, 2.45) is 0 Å². The van der Waals surface area contributed by atoms with E-state index < -0.39 is 23.9 Å². The van der Waals surface area contributed by atoms with Gasteiger partial charge in [0.15, 0.2) is 0 Å². The van der Waals surface area contributed by atoms with Gasteiger partial charge in [0.25, 0.3) is 5.91 Å². The number of amides is 1. The van der Waals surface area contributed by atoms with E-state index in [9.17, 15) is 22.4 Å². The largest absolute Gasteiger partial charge is 0.490 e. The minimum atomic E-state index is -5.08. The summed E-state index contributed by atoms with van der Waals surface area (Å²) in [6.07, 6.45) is -1.25. The summed E-state index contributed by atoms with van der Waals surface area (Å²) < 4.78 is 45.5. The zero-order chi connectivity index (χ0) is 24.9. The third kappa shape index (κ3) is 6.47. The summed E-state index contributed by atoms with van der Waals surface area (Å²) in [4.78, 5) is 26.2. The number of likely N-dealkylation sites (tertiary alicyclic amines) is 1. The standard InChI is InChI=1S/C22H26FN3O.C2HF3O2/c1-16-5-4-13-26(16)19-12-14-25(15-19)18-10-8-17(9-11-18)24-22(27)20-6-2-3-7-21(20)23;3-2(4,5)1(6)7/h2-3,6-11,16,19H,4-5,12-15H2,1H3,(H,24,27);(H,6,7). The molecule has 2 saturated heterocycles. The number of benzene rings is 2. The molecule has 10 heteroatoms. The Morgan fingerprint density at radius 1 is 1.03 bits per heavy atom. The monoisotopic (exact) mass is 481 g/mol. The predicted molar refractivity (Wildman–Crippen MR) is 121 cm³/mol. The minimum Gasteiger partial charge on any atom is -0.475 e. The fourth-order valence-corrected chi connectivity index (χ4v) is 4.34. The van der Waals surface area contributed by atoms with Crippen molar-refractivity contribution in [2.75, 3.05) is 29.9 Å². The molecule has 0 saturated carbocycles. The Morgan fingerprint density at radius 3 is 2.24 bits per heavy atom. The molecule has 0 bridgehead atoms. The number of carboxylic acid groups (broad SMARTS) is 1. The van der Waals surface area contributed by atoms with Crippen molar-refractivity contribution >= 4 is 23.3 Å². The van der Waals surface area contributed by atoms with Crippen LogP contribution < -0.4 is 10.2 Å². The summed E-state index contributed by atoms with van der Waals surface area (Å²) in [5.41, 5.74) is 1.91. The van der Waals surface area contributed by atoms with E-state index in [0.717, 1.165) is 13.1 Å². The molecule has 2 aromatic carbocycles. The third-order valence-electron chi connectivity index (χ3n) is 6.09. The molecule has 0 spiro atoms. The number of carboxylic acids is 1. The van der Waals surface area contributed by atoms with E-state index in [1.165, 1.54) is 43.6 Å². The molecule has 2 N–H and O–H groups in total. The van der Waals surface area contributed by atoms with Crippen LogP contribution in [0.2, 0.25) is 0 Å². The van der Waals surface area contributed by atoms with Crippen molar-refractivity contribution in [3.05, 3.63) is 59.9 Å². The van der Waals surface area contributed by atoms with Gasteiger partial charge in [0, 0.05) is 36.5 Å². The number of halogens is 4. The highest BCUT2D eigenvalue weighted by atomic mass is 19.4. The first kappa shape index (κ1) is 25.5. The SMILES string of the molecule is CC1CCCN1C1CCN(c2ccc(NC(=O)c3ccccc3F)cc2)C1.O=C(O)C(F)(F)F. The van der Waals surface area contributed by atoms with Crippen LogP contribution in [0.25, 0.3) is 0 Å². The maximum Gasteiger partial charge on any atom is 0.490 e. The highest BCUT2D eigenvalue weighted by Crippen LogP contribution is 2.29. The number of nitrogens with one attached hydrogen (secondary N) is 1. The Hall–Kier alpha value is -3.14. The van der Waals surface area contributed by atoms with Gasteiger partial charge in [-0.3, -0.25) is 9.69 Å². The summed E-state index contributed by atoms with van der Waals surface area (Å²) in [5.74, 6) is -3.69. The van der Waals surface area contributed by atoms with E-state index in [1.807, 2.05) is 24.3 Å². The molecule has 6 nitrogen and oxygen atoms in total. The van der Waals surface area contributed by atoms with Gasteiger partial charge in [0.1, 0.15) is 5.82 Å². The molecule has 2 atom stereocenters. The lowest BCUT2D eigenvalue weighted by Gasteiger charge is -2.28. The topological polar surface area (TPSA) is 72.9 Å². The van der Waals surface area contributed by atoms with Gasteiger partial charge >= 0.3 is 12.1 Å². The van der Waals surface area contributed by atoms with Crippen LogP contribution >= 0.6 is 0 Å². The smallest absolute Gasteiger partial charge is 0.475 e. The van der Waals surface area contributed by atoms with Gasteiger partial charge in [0.05, 0.1) is 5.56 Å². The van der Waals surface area contributed by atoms with Gasteiger partial charge < -0.3 is 15.3 Å². The molecular formula is C24H27F4N3O3. The lowest BCUT2D eigenvalue weighted by Crippen LogP contribution is -2.39. The van der Waals surface area contributed by atoms with Gasteiger partial charge in [-0.25, -0.2) is 9.18 Å². The fraction of sp³-hybridized carbons (Fsp3) is 0.417. The second kappa shape index (κ2) is 10.9. The minimum absolute atomic E-state index is 0.0590. The van der Waals surface area contributed by atoms with Crippen LogP contribution in [0.5, 0.6) is 0 Å². The molecule has 2 aliphatic heterocycles. The van der Waals surface area contributed by atoms with E-state index >= 15 is 0 Å². The highest BCUT2D eigenvalue weighted by Gasteiger charge is 2.38. The average Bonchev–Trinajstić information content (AvgIpc) is 3.43. The number of carbonyl (C=O) groups is 2. The molecule has 4 rings (SSSR count). The molecule has 2 unspecified atom stereocenters. The Labute approximate surface area is 195 Å². The zero-order valence-corrected chi connectivity index (χ0v) is 18.7. The Balaban J connectivity index is 0.000000406. The number of hydrogen-bond acceptors (Lipinski definition) is 4. The van der Waals surface area contributed by atoms with Gasteiger partial charge in [-0.15, -0.1) is 0 Å². The molecule has 0 aromatic heterocycles. The van der Waals surface area contributed by atoms with Crippen LogP contribution in [0, 0.1) is 5.82 Å². The lowest BCUT2D eigenvalue weighted by molar-refractivity contribution is -0.192. The zero-order valence-electron chi connectivity index (χ0n) is 18.7. The van der Waals surface area contributed by atoms with Gasteiger partial charge in [0.2, 0.25) is 0 Å². The van der Waals surface area contributed by atoms with Crippen molar-refractivity contribution in [3.8, 4) is 0 Å². The third-order valence-corrected chi connectivity index (χ3v) is 6.09. The summed E-state index contributed by atoms with van der Waals surface area (Å²) in [7, 11) is 0. The van der Waals surface area contributed by atoms with Crippen molar-refractivity contribution in [1.29, 1.82) is 0 Å². The summed E-state index contributed by atoms with van der Waals surface area (Å²) in [6, 6.07) is 15.2. The summed E-state index contributed by atoms with van der Waals surface area (Å²) in [5, 5.41) is 9.90. The van der Waals surface area contributed by atoms with Gasteiger partial charge in [-0.2, -0.15) is 13.2 Å². The summed E-state index contributed by atoms with van der Waals surface area (Å²) >= 11 is 0. The Kier molecular flexibility index (Phi) is 8.14. The number of aliphatic carboxylic acids is 1. The molecule has 184 valence electrons. The second-order valence-electron chi connectivity index (χ2n) is 8.40. The van der Waals surface area contributed by atoms with Crippen LogP contribution in [0.3, 0.4) is 0 Å². The quantitative estimate of drug-likeness (QED) is 0.616. The number of anilines is 2. The number of rotatable bonds is 4. The van der Waals surface area contributed by atoms with Crippen LogP contribution in [0.4, 0.5) is 28.9 Å². The van der Waals surface area contributed by atoms with E-state index in [1.54, 1.807) is 12.1 Å². The van der Waals surface area contributed by atoms with Gasteiger partial charge in [-0.05, 0) is 69.1 Å². The van der Waals surface area contributed by atoms with Crippen LogP contribution in [0.1, 0.15) is 36.5 Å². The normalized spacial score (nSPS) is 20.6. The maximum absolute atomic E-state index is 13.7. The molecule has 2 aromatic rings. The molecular weight excluding hydrogens is 454 g/mol. The first-order valence-electron chi connectivity index (χ1n) is 11.0. The number of nitrogens with zero attached hydrogens (tertiary/aromatic N) is 2. The van der Waals surface area contributed by atoms with Gasteiger partial charge in [-0.1, -0.05) is 12.1 Å². The molecule has 2 aliphatic rings. The number of hydrogen-bond donors (Lipinski definition) is 2. The first-order chi connectivity index (χ1) is 16.1. The predicted octanol–water partition coefficient (Wildman–Crippen LogP) is 4.77. The average molecular weight is 481 g/mol. The van der Waals surface area contributed by atoms with Crippen molar-refractivity contribution in [2.45, 2.75) is 44.4 Å². The Morgan fingerprint density at radius 2 is 1.68 bits per heavy atom. The Bertz CT molecular complexity index is 998. The van der Waals surface area contributed by atoms with Crippen molar-refractivity contribution < 1.29 is 32.3 Å². The second-order valence-corrected chi connectivity index (χ2v) is 8.40. The van der Waals surface area contributed by atoms with Crippen molar-refractivity contribution in [1.82, 2.24) is 4.90 Å². The van der Waals surface area contributed by atoms with E-state index in [2.05, 4.69) is 22.0 Å². The fourth-order valence-electron chi connectivity index (χ4n) is 4.34. The van der Waals surface area contributed by atoms with E-state index in [-0.39, 0.29) is 5.56 Å². The van der Waals surface area contributed by atoms with E-state index in [4.69, 9.17) is 9.90 Å². The van der Waals surface area contributed by atoms with Crippen LogP contribution in [-0.4, -0.2) is 59.8 Å². The van der Waals surface area contributed by atoms with Crippen LogP contribution in [-0.2, 0) is 4.79 Å². The molecule has 2 heterocycles. The molecule has 1 amide bonds. The van der Waals surface area contributed by atoms with Crippen LogP contribution in [0.15, 0.2) is 48.5 Å². The molecule has 0 aliphatic carbocycles. The molecule has 0 radical (unpaired) electrons. The van der Waals surface area contributed by atoms with E-state index in [0.29, 0.717) is 17.8 Å². The number of carbonyl (C=O) groups excluding carboxylic acids is 1.